The van der Waals surface area contributed by atoms with Crippen LogP contribution in [0.25, 0.3) is 5.69 Å². The highest BCUT2D eigenvalue weighted by molar-refractivity contribution is 5.95. The summed E-state index contributed by atoms with van der Waals surface area (Å²) in [5.41, 5.74) is -2.40. The van der Waals surface area contributed by atoms with Crippen molar-refractivity contribution in [3.05, 3.63) is 47.5 Å². The van der Waals surface area contributed by atoms with Gasteiger partial charge in [0, 0.05) is 32.7 Å². The van der Waals surface area contributed by atoms with Crippen LogP contribution in [-0.2, 0) is 10.9 Å². The number of alkyl halides is 3. The van der Waals surface area contributed by atoms with Crippen LogP contribution >= 0.6 is 0 Å². The van der Waals surface area contributed by atoms with Crippen LogP contribution in [-0.4, -0.2) is 76.5 Å². The number of hydrogen-bond acceptors (Lipinski definition) is 5. The predicted molar refractivity (Wildman–Crippen MR) is 120 cm³/mol. The number of benzene rings is 1. The lowest BCUT2D eigenvalue weighted by atomic mass is 10.2. The lowest BCUT2D eigenvalue weighted by molar-refractivity contribution is -0.143. The minimum atomic E-state index is -4.84. The van der Waals surface area contributed by atoms with Crippen LogP contribution in [0.5, 0.6) is 0 Å². The number of carbonyl (C=O) groups is 2. The van der Waals surface area contributed by atoms with Crippen LogP contribution in [0.4, 0.5) is 22.4 Å². The van der Waals surface area contributed by atoms with Gasteiger partial charge in [0.25, 0.3) is 5.91 Å². The molecule has 2 aromatic rings. The molecule has 0 spiro atoms. The molecule has 0 bridgehead atoms. The van der Waals surface area contributed by atoms with Crippen molar-refractivity contribution in [1.29, 1.82) is 0 Å². The smallest absolute Gasteiger partial charge is 0.434 e. The summed E-state index contributed by atoms with van der Waals surface area (Å²) in [7, 11) is 0. The first-order valence-corrected chi connectivity index (χ1v) is 11.2. The molecule has 0 saturated carbocycles. The number of nitrogens with zero attached hydrogens (tertiary/aromatic N) is 4. The van der Waals surface area contributed by atoms with Crippen molar-refractivity contribution in [3.63, 3.8) is 0 Å². The maximum absolute atomic E-state index is 13.7. The van der Waals surface area contributed by atoms with Crippen LogP contribution in [0.3, 0.4) is 0 Å². The Labute approximate surface area is 200 Å². The first-order chi connectivity index (χ1) is 16.3. The van der Waals surface area contributed by atoms with E-state index < -0.39 is 34.8 Å². The molecule has 1 aliphatic rings. The number of nitrogens with one attached hydrogen (secondary N) is 1. The summed E-state index contributed by atoms with van der Waals surface area (Å²) in [5.74, 6) is -1.49. The normalized spacial score (nSPS) is 15.2. The zero-order chi connectivity index (χ0) is 25.8. The third kappa shape index (κ3) is 7.17. The topological polar surface area (TPSA) is 79.7 Å². The third-order valence-electron chi connectivity index (χ3n) is 5.31. The van der Waals surface area contributed by atoms with Crippen molar-refractivity contribution in [1.82, 2.24) is 24.9 Å². The van der Waals surface area contributed by atoms with E-state index in [9.17, 15) is 27.2 Å². The molecule has 1 aromatic heterocycles. The SMILES string of the molecule is CC(C)(C)OC(=O)N1CCN(CCCNC(=O)c2cnn(-c3ccc(F)cc3)c2C(F)(F)F)CC1. The second-order valence-corrected chi connectivity index (χ2v) is 9.21. The van der Waals surface area contributed by atoms with E-state index in [1.54, 1.807) is 25.7 Å². The molecule has 1 fully saturated rings. The Kier molecular flexibility index (Phi) is 8.04. The van der Waals surface area contributed by atoms with Gasteiger partial charge < -0.3 is 15.0 Å². The summed E-state index contributed by atoms with van der Waals surface area (Å²) >= 11 is 0. The summed E-state index contributed by atoms with van der Waals surface area (Å²) in [6, 6.07) is 4.35. The molecule has 2 heterocycles. The highest BCUT2D eigenvalue weighted by atomic mass is 19.4. The molecule has 1 aromatic carbocycles. The molecule has 192 valence electrons. The van der Waals surface area contributed by atoms with Gasteiger partial charge in [-0.1, -0.05) is 0 Å². The molecular weight excluding hydrogens is 470 g/mol. The molecule has 0 unspecified atom stereocenters. The van der Waals surface area contributed by atoms with Gasteiger partial charge in [-0.2, -0.15) is 18.3 Å². The Morgan fingerprint density at radius 2 is 1.69 bits per heavy atom. The molecule has 8 nitrogen and oxygen atoms in total. The van der Waals surface area contributed by atoms with Crippen molar-refractivity contribution in [3.8, 4) is 5.69 Å². The molecule has 0 radical (unpaired) electrons. The Bertz CT molecular complexity index is 1020. The first-order valence-electron chi connectivity index (χ1n) is 11.2. The summed E-state index contributed by atoms with van der Waals surface area (Å²) < 4.78 is 60.3. The van der Waals surface area contributed by atoms with Crippen LogP contribution < -0.4 is 5.32 Å². The third-order valence-corrected chi connectivity index (χ3v) is 5.31. The second kappa shape index (κ2) is 10.6. The fraction of sp³-hybridized carbons (Fsp3) is 0.522. The van der Waals surface area contributed by atoms with Crippen molar-refractivity contribution in [2.24, 2.45) is 0 Å². The minimum Gasteiger partial charge on any atom is -0.444 e. The number of ether oxygens (including phenoxy) is 1. The summed E-state index contributed by atoms with van der Waals surface area (Å²) in [5, 5.41) is 6.23. The molecule has 1 aliphatic heterocycles. The Hall–Kier alpha value is -3.15. The van der Waals surface area contributed by atoms with E-state index in [1.165, 1.54) is 0 Å². The van der Waals surface area contributed by atoms with Gasteiger partial charge in [0.05, 0.1) is 17.4 Å². The van der Waals surface area contributed by atoms with Crippen molar-refractivity contribution in [2.75, 3.05) is 39.3 Å². The van der Waals surface area contributed by atoms with Gasteiger partial charge in [-0.25, -0.2) is 13.9 Å². The van der Waals surface area contributed by atoms with Gasteiger partial charge in [-0.05, 0) is 58.0 Å². The maximum atomic E-state index is 13.7. The number of rotatable bonds is 6. The molecule has 1 saturated heterocycles. The van der Waals surface area contributed by atoms with Crippen molar-refractivity contribution < 1.29 is 31.9 Å². The van der Waals surface area contributed by atoms with E-state index >= 15 is 0 Å². The molecule has 0 aliphatic carbocycles. The minimum absolute atomic E-state index is 0.0108. The highest BCUT2D eigenvalue weighted by Crippen LogP contribution is 2.33. The number of amides is 2. The van der Waals surface area contributed by atoms with Crippen molar-refractivity contribution >= 4 is 12.0 Å². The van der Waals surface area contributed by atoms with Gasteiger partial charge in [0.2, 0.25) is 0 Å². The van der Waals surface area contributed by atoms with Crippen LogP contribution in [0.15, 0.2) is 30.5 Å². The highest BCUT2D eigenvalue weighted by Gasteiger charge is 2.40. The van der Waals surface area contributed by atoms with Crippen LogP contribution in [0.2, 0.25) is 0 Å². The zero-order valence-electron chi connectivity index (χ0n) is 19.9. The Morgan fingerprint density at radius 1 is 1.06 bits per heavy atom. The first kappa shape index (κ1) is 26.5. The quantitative estimate of drug-likeness (QED) is 0.484. The Morgan fingerprint density at radius 3 is 2.26 bits per heavy atom. The van der Waals surface area contributed by atoms with Crippen molar-refractivity contribution in [2.45, 2.75) is 39.0 Å². The lowest BCUT2D eigenvalue weighted by Crippen LogP contribution is -2.50. The van der Waals surface area contributed by atoms with Crippen LogP contribution in [0, 0.1) is 5.82 Å². The summed E-state index contributed by atoms with van der Waals surface area (Å²) in [6.45, 7) is 8.50. The molecule has 3 rings (SSSR count). The molecule has 12 heteroatoms. The molecule has 2 amide bonds. The number of carbonyl (C=O) groups excluding carboxylic acids is 2. The van der Waals surface area contributed by atoms with E-state index in [0.29, 0.717) is 43.8 Å². The summed E-state index contributed by atoms with van der Waals surface area (Å²) in [4.78, 5) is 28.4. The summed E-state index contributed by atoms with van der Waals surface area (Å²) in [6.07, 6.45) is -3.82. The Balaban J connectivity index is 1.51. The van der Waals surface area contributed by atoms with E-state index in [2.05, 4.69) is 15.3 Å². The van der Waals surface area contributed by atoms with E-state index in [0.717, 1.165) is 30.5 Å². The van der Waals surface area contributed by atoms with Gasteiger partial charge in [-0.3, -0.25) is 9.69 Å². The van der Waals surface area contributed by atoms with Gasteiger partial charge in [0.1, 0.15) is 11.4 Å². The monoisotopic (exact) mass is 499 g/mol. The standard InChI is InChI=1S/C23H29F4N5O3/c1-22(2,3)35-21(34)31-13-11-30(12-14-31)10-4-9-28-20(33)18-15-29-32(19(18)23(25,26)27)17-7-5-16(24)6-8-17/h5-8,15H,4,9-14H2,1-3H3,(H,28,33). The average molecular weight is 500 g/mol. The van der Waals surface area contributed by atoms with Crippen LogP contribution in [0.1, 0.15) is 43.2 Å². The van der Waals surface area contributed by atoms with Gasteiger partial charge in [-0.15, -0.1) is 0 Å². The van der Waals surface area contributed by atoms with Gasteiger partial charge in [0.15, 0.2) is 5.69 Å². The number of halogens is 4. The van der Waals surface area contributed by atoms with E-state index in [4.69, 9.17) is 4.74 Å². The predicted octanol–water partition coefficient (Wildman–Crippen LogP) is 3.70. The fourth-order valence-electron chi connectivity index (χ4n) is 3.65. The fourth-order valence-corrected chi connectivity index (χ4v) is 3.65. The number of aromatic nitrogens is 2. The van der Waals surface area contributed by atoms with Gasteiger partial charge >= 0.3 is 12.3 Å². The molecule has 1 N–H and O–H groups in total. The lowest BCUT2D eigenvalue weighted by Gasteiger charge is -2.35. The largest absolute Gasteiger partial charge is 0.444 e. The second-order valence-electron chi connectivity index (χ2n) is 9.21. The number of piperazine rings is 1. The van der Waals surface area contributed by atoms with E-state index in [1.807, 2.05) is 0 Å². The zero-order valence-corrected chi connectivity index (χ0v) is 19.9. The maximum Gasteiger partial charge on any atom is 0.434 e. The molecule has 35 heavy (non-hydrogen) atoms. The van der Waals surface area contributed by atoms with E-state index in [-0.39, 0.29) is 18.3 Å². The number of hydrogen-bond donors (Lipinski definition) is 1. The molecule has 0 atom stereocenters. The molecular formula is C23H29F4N5O3. The average Bonchev–Trinajstić information content (AvgIpc) is 3.22.